The lowest BCUT2D eigenvalue weighted by Gasteiger charge is -2.35. The van der Waals surface area contributed by atoms with Crippen molar-refractivity contribution in [3.05, 3.63) is 59.1 Å². The fourth-order valence-corrected chi connectivity index (χ4v) is 3.34. The first-order chi connectivity index (χ1) is 11.6. The van der Waals surface area contributed by atoms with Crippen LogP contribution < -0.4 is 10.2 Å². The molecule has 2 aromatic carbocycles. The van der Waals surface area contributed by atoms with Crippen molar-refractivity contribution in [1.29, 1.82) is 0 Å². The molecule has 3 rings (SSSR count). The summed E-state index contributed by atoms with van der Waals surface area (Å²) in [5.41, 5.74) is 3.02. The second kappa shape index (κ2) is 7.71. The van der Waals surface area contributed by atoms with E-state index in [1.165, 1.54) is 24.9 Å². The molecule has 4 heteroatoms. The number of piperidine rings is 1. The summed E-state index contributed by atoms with van der Waals surface area (Å²) < 4.78 is 0. The lowest BCUT2D eigenvalue weighted by Crippen LogP contribution is -2.37. The highest BCUT2D eigenvalue weighted by Crippen LogP contribution is 2.25. The topological polar surface area (TPSA) is 32.3 Å². The Hall–Kier alpha value is -2.00. The molecule has 1 atom stereocenters. The van der Waals surface area contributed by atoms with Crippen LogP contribution in [0.3, 0.4) is 0 Å². The van der Waals surface area contributed by atoms with Crippen molar-refractivity contribution < 1.29 is 4.79 Å². The summed E-state index contributed by atoms with van der Waals surface area (Å²) in [4.78, 5) is 14.6. The maximum Gasteiger partial charge on any atom is 0.228 e. The lowest BCUT2D eigenvalue weighted by molar-refractivity contribution is -0.115. The summed E-state index contributed by atoms with van der Waals surface area (Å²) in [6.07, 6.45) is 4.17. The van der Waals surface area contributed by atoms with Crippen molar-refractivity contribution in [3.63, 3.8) is 0 Å². The number of carbonyl (C=O) groups excluding carboxylic acids is 1. The molecule has 1 fully saturated rings. The number of amides is 1. The van der Waals surface area contributed by atoms with Gasteiger partial charge in [0, 0.05) is 29.0 Å². The van der Waals surface area contributed by atoms with Crippen LogP contribution in [0.1, 0.15) is 31.7 Å². The first-order valence-corrected chi connectivity index (χ1v) is 8.90. The third-order valence-electron chi connectivity index (χ3n) is 4.56. The Labute approximate surface area is 148 Å². The zero-order valence-electron chi connectivity index (χ0n) is 14.0. The van der Waals surface area contributed by atoms with E-state index in [1.54, 1.807) is 12.1 Å². The third kappa shape index (κ3) is 4.30. The molecule has 1 heterocycles. The van der Waals surface area contributed by atoms with E-state index in [0.717, 1.165) is 17.8 Å². The van der Waals surface area contributed by atoms with Crippen molar-refractivity contribution in [1.82, 2.24) is 0 Å². The average Bonchev–Trinajstić information content (AvgIpc) is 2.58. The van der Waals surface area contributed by atoms with Gasteiger partial charge in [0.2, 0.25) is 5.91 Å². The molecule has 0 aliphatic carbocycles. The number of hydrogen-bond acceptors (Lipinski definition) is 2. The van der Waals surface area contributed by atoms with Crippen LogP contribution in [0.25, 0.3) is 0 Å². The van der Waals surface area contributed by atoms with Gasteiger partial charge < -0.3 is 10.2 Å². The lowest BCUT2D eigenvalue weighted by atomic mass is 10.0. The number of nitrogens with zero attached hydrogens (tertiary/aromatic N) is 1. The summed E-state index contributed by atoms with van der Waals surface area (Å²) in [5, 5.41) is 3.64. The Balaban J connectivity index is 1.59. The van der Waals surface area contributed by atoms with Crippen molar-refractivity contribution in [2.24, 2.45) is 0 Å². The van der Waals surface area contributed by atoms with E-state index in [9.17, 15) is 4.79 Å². The van der Waals surface area contributed by atoms with E-state index in [4.69, 9.17) is 11.6 Å². The first-order valence-electron chi connectivity index (χ1n) is 8.53. The molecule has 1 unspecified atom stereocenters. The summed E-state index contributed by atoms with van der Waals surface area (Å²) >= 11 is 5.86. The van der Waals surface area contributed by atoms with Gasteiger partial charge in [-0.15, -0.1) is 0 Å². The molecule has 1 saturated heterocycles. The molecule has 0 spiro atoms. The SMILES string of the molecule is CC1CCCCN1c1ccc(NC(=O)Cc2ccc(Cl)cc2)cc1. The monoisotopic (exact) mass is 342 g/mol. The molecule has 1 amide bonds. The number of halogens is 1. The van der Waals surface area contributed by atoms with Crippen LogP contribution in [-0.4, -0.2) is 18.5 Å². The highest BCUT2D eigenvalue weighted by Gasteiger charge is 2.18. The van der Waals surface area contributed by atoms with E-state index in [0.29, 0.717) is 17.5 Å². The molecule has 1 aliphatic rings. The molecule has 0 aromatic heterocycles. The van der Waals surface area contributed by atoms with Gasteiger partial charge in [-0.05, 0) is 68.1 Å². The Morgan fingerprint density at radius 1 is 1.12 bits per heavy atom. The number of carbonyl (C=O) groups is 1. The average molecular weight is 343 g/mol. The molecule has 0 bridgehead atoms. The summed E-state index contributed by atoms with van der Waals surface area (Å²) in [5.74, 6) is -0.0172. The Bertz CT molecular complexity index is 682. The van der Waals surface area contributed by atoms with Crippen LogP contribution in [0.2, 0.25) is 5.02 Å². The van der Waals surface area contributed by atoms with Gasteiger partial charge >= 0.3 is 0 Å². The molecule has 3 nitrogen and oxygen atoms in total. The zero-order chi connectivity index (χ0) is 16.9. The highest BCUT2D eigenvalue weighted by molar-refractivity contribution is 6.30. The van der Waals surface area contributed by atoms with Gasteiger partial charge in [0.1, 0.15) is 0 Å². The molecule has 1 N–H and O–H groups in total. The third-order valence-corrected chi connectivity index (χ3v) is 4.82. The predicted octanol–water partition coefficient (Wildman–Crippen LogP) is 4.90. The van der Waals surface area contributed by atoms with Crippen molar-refractivity contribution in [2.45, 2.75) is 38.6 Å². The molecule has 2 aromatic rings. The molecule has 126 valence electrons. The number of nitrogens with one attached hydrogen (secondary N) is 1. The number of benzene rings is 2. The van der Waals surface area contributed by atoms with Gasteiger partial charge in [-0.3, -0.25) is 4.79 Å². The minimum absolute atomic E-state index is 0.0172. The first kappa shape index (κ1) is 16.8. The minimum atomic E-state index is -0.0172. The molecular formula is C20H23ClN2O. The van der Waals surface area contributed by atoms with E-state index >= 15 is 0 Å². The number of hydrogen-bond donors (Lipinski definition) is 1. The Kier molecular flexibility index (Phi) is 5.41. The number of rotatable bonds is 4. The van der Waals surface area contributed by atoms with Crippen molar-refractivity contribution >= 4 is 28.9 Å². The van der Waals surface area contributed by atoms with Gasteiger partial charge in [-0.1, -0.05) is 23.7 Å². The van der Waals surface area contributed by atoms with Gasteiger partial charge in [-0.25, -0.2) is 0 Å². The minimum Gasteiger partial charge on any atom is -0.369 e. The Morgan fingerprint density at radius 2 is 1.83 bits per heavy atom. The van der Waals surface area contributed by atoms with E-state index < -0.39 is 0 Å². The summed E-state index contributed by atoms with van der Waals surface area (Å²) in [6, 6.07) is 16.1. The van der Waals surface area contributed by atoms with E-state index in [2.05, 4.69) is 29.3 Å². The van der Waals surface area contributed by atoms with Gasteiger partial charge in [0.05, 0.1) is 6.42 Å². The largest absolute Gasteiger partial charge is 0.369 e. The second-order valence-electron chi connectivity index (χ2n) is 6.44. The van der Waals surface area contributed by atoms with E-state index in [1.807, 2.05) is 24.3 Å². The normalized spacial score (nSPS) is 17.6. The molecule has 0 radical (unpaired) electrons. The standard InChI is InChI=1S/C20H23ClN2O/c1-15-4-2-3-13-23(15)19-11-9-18(10-12-19)22-20(24)14-16-5-7-17(21)8-6-16/h5-12,15H,2-4,13-14H2,1H3,(H,22,24). The smallest absolute Gasteiger partial charge is 0.228 e. The van der Waals surface area contributed by atoms with Crippen LogP contribution in [0, 0.1) is 0 Å². The summed E-state index contributed by atoms with van der Waals surface area (Å²) in [6.45, 7) is 3.39. The van der Waals surface area contributed by atoms with Crippen LogP contribution >= 0.6 is 11.6 Å². The van der Waals surface area contributed by atoms with Crippen LogP contribution in [-0.2, 0) is 11.2 Å². The van der Waals surface area contributed by atoms with Crippen LogP contribution in [0.5, 0.6) is 0 Å². The number of anilines is 2. The van der Waals surface area contributed by atoms with Gasteiger partial charge in [0.25, 0.3) is 0 Å². The Morgan fingerprint density at radius 3 is 2.50 bits per heavy atom. The van der Waals surface area contributed by atoms with Gasteiger partial charge in [0.15, 0.2) is 0 Å². The zero-order valence-corrected chi connectivity index (χ0v) is 14.7. The molecule has 24 heavy (non-hydrogen) atoms. The highest BCUT2D eigenvalue weighted by atomic mass is 35.5. The quantitative estimate of drug-likeness (QED) is 0.857. The molecular weight excluding hydrogens is 320 g/mol. The van der Waals surface area contributed by atoms with Crippen LogP contribution in [0.4, 0.5) is 11.4 Å². The molecule has 1 aliphatic heterocycles. The molecule has 0 saturated carbocycles. The fourth-order valence-electron chi connectivity index (χ4n) is 3.21. The fraction of sp³-hybridized carbons (Fsp3) is 0.350. The maximum atomic E-state index is 12.2. The second-order valence-corrected chi connectivity index (χ2v) is 6.87. The van der Waals surface area contributed by atoms with Crippen LogP contribution in [0.15, 0.2) is 48.5 Å². The van der Waals surface area contributed by atoms with Crippen molar-refractivity contribution in [2.75, 3.05) is 16.8 Å². The maximum absolute atomic E-state index is 12.2. The predicted molar refractivity (Wildman–Crippen MR) is 101 cm³/mol. The van der Waals surface area contributed by atoms with Gasteiger partial charge in [-0.2, -0.15) is 0 Å². The summed E-state index contributed by atoms with van der Waals surface area (Å²) in [7, 11) is 0. The van der Waals surface area contributed by atoms with Crippen molar-refractivity contribution in [3.8, 4) is 0 Å². The van der Waals surface area contributed by atoms with E-state index in [-0.39, 0.29) is 5.91 Å².